The first kappa shape index (κ1) is 14.5. The molecule has 0 saturated heterocycles. The van der Waals surface area contributed by atoms with E-state index >= 15 is 0 Å². The first-order valence-corrected chi connectivity index (χ1v) is 7.12. The van der Waals surface area contributed by atoms with Crippen molar-refractivity contribution in [2.75, 3.05) is 20.3 Å². The molecule has 0 saturated carbocycles. The number of ether oxygens (including phenoxy) is 2. The standard InChI is InChI=1S/C16H17N3O3/c1-21-16(20)17-10-15-14-4-2-3-12(13(14)6-8-22-15)11-5-7-18-19-9-11/h2-5,7,9,15H,6,8,10H2,1H3,(H,17,20)/t15-/m1/s1. The Kier molecular flexibility index (Phi) is 4.29. The fourth-order valence-electron chi connectivity index (χ4n) is 2.72. The van der Waals surface area contributed by atoms with Gasteiger partial charge in [0.2, 0.25) is 0 Å². The fraction of sp³-hybridized carbons (Fsp3) is 0.312. The lowest BCUT2D eigenvalue weighted by Crippen LogP contribution is -2.31. The summed E-state index contributed by atoms with van der Waals surface area (Å²) in [6, 6.07) is 8.05. The number of aromatic nitrogens is 2. The van der Waals surface area contributed by atoms with Gasteiger partial charge < -0.3 is 14.8 Å². The van der Waals surface area contributed by atoms with Gasteiger partial charge >= 0.3 is 6.09 Å². The van der Waals surface area contributed by atoms with Crippen molar-refractivity contribution in [3.8, 4) is 11.1 Å². The predicted octanol–water partition coefficient (Wildman–Crippen LogP) is 2.11. The Balaban J connectivity index is 1.90. The van der Waals surface area contributed by atoms with Gasteiger partial charge in [0.05, 0.1) is 32.7 Å². The number of hydrogen-bond donors (Lipinski definition) is 1. The van der Waals surface area contributed by atoms with Crippen LogP contribution in [0.4, 0.5) is 4.79 Å². The van der Waals surface area contributed by atoms with Crippen molar-refractivity contribution in [2.45, 2.75) is 12.5 Å². The summed E-state index contributed by atoms with van der Waals surface area (Å²) >= 11 is 0. The Labute approximate surface area is 128 Å². The van der Waals surface area contributed by atoms with E-state index < -0.39 is 6.09 Å². The molecule has 0 spiro atoms. The summed E-state index contributed by atoms with van der Waals surface area (Å²) in [5.41, 5.74) is 4.50. The van der Waals surface area contributed by atoms with Gasteiger partial charge in [0.15, 0.2) is 0 Å². The Bertz CT molecular complexity index is 661. The van der Waals surface area contributed by atoms with Crippen molar-refractivity contribution in [2.24, 2.45) is 0 Å². The van der Waals surface area contributed by atoms with Gasteiger partial charge in [-0.15, -0.1) is 0 Å². The van der Waals surface area contributed by atoms with Crippen LogP contribution < -0.4 is 5.32 Å². The van der Waals surface area contributed by atoms with Crippen molar-refractivity contribution < 1.29 is 14.3 Å². The van der Waals surface area contributed by atoms with Crippen molar-refractivity contribution in [1.82, 2.24) is 15.5 Å². The third-order valence-electron chi connectivity index (χ3n) is 3.74. The van der Waals surface area contributed by atoms with E-state index in [9.17, 15) is 4.79 Å². The highest BCUT2D eigenvalue weighted by Crippen LogP contribution is 2.33. The molecule has 0 aliphatic carbocycles. The Hall–Kier alpha value is -2.47. The summed E-state index contributed by atoms with van der Waals surface area (Å²) < 4.78 is 10.4. The Morgan fingerprint density at radius 3 is 3.09 bits per heavy atom. The molecule has 0 unspecified atom stereocenters. The number of nitrogens with zero attached hydrogens (tertiary/aromatic N) is 2. The van der Waals surface area contributed by atoms with Crippen LogP contribution in [0.15, 0.2) is 36.7 Å². The average molecular weight is 299 g/mol. The fourth-order valence-corrected chi connectivity index (χ4v) is 2.72. The second-order valence-corrected chi connectivity index (χ2v) is 4.99. The molecule has 1 aliphatic rings. The molecule has 22 heavy (non-hydrogen) atoms. The molecule has 1 atom stereocenters. The van der Waals surface area contributed by atoms with Gasteiger partial charge in [-0.1, -0.05) is 18.2 Å². The molecule has 1 N–H and O–H groups in total. The zero-order valence-corrected chi connectivity index (χ0v) is 12.3. The van der Waals surface area contributed by atoms with Crippen molar-refractivity contribution in [3.05, 3.63) is 47.8 Å². The van der Waals surface area contributed by atoms with E-state index in [4.69, 9.17) is 4.74 Å². The summed E-state index contributed by atoms with van der Waals surface area (Å²) in [6.45, 7) is 1.01. The molecule has 0 fully saturated rings. The van der Waals surface area contributed by atoms with Gasteiger partial charge in [-0.3, -0.25) is 0 Å². The molecule has 114 valence electrons. The summed E-state index contributed by atoms with van der Waals surface area (Å²) in [7, 11) is 1.35. The van der Waals surface area contributed by atoms with Crippen LogP contribution in [0, 0.1) is 0 Å². The lowest BCUT2D eigenvalue weighted by molar-refractivity contribution is 0.0421. The largest absolute Gasteiger partial charge is 0.453 e. The van der Waals surface area contributed by atoms with Crippen LogP contribution in [-0.4, -0.2) is 36.6 Å². The van der Waals surface area contributed by atoms with E-state index in [2.05, 4.69) is 26.3 Å². The van der Waals surface area contributed by atoms with E-state index in [1.807, 2.05) is 18.2 Å². The second kappa shape index (κ2) is 6.53. The summed E-state index contributed by atoms with van der Waals surface area (Å²) in [5, 5.41) is 10.5. The van der Waals surface area contributed by atoms with E-state index in [0.717, 1.165) is 23.1 Å². The maximum atomic E-state index is 11.3. The maximum absolute atomic E-state index is 11.3. The number of amides is 1. The summed E-state index contributed by atoms with van der Waals surface area (Å²) in [6.07, 6.45) is 3.66. The van der Waals surface area contributed by atoms with Gasteiger partial charge in [0.25, 0.3) is 0 Å². The number of carbonyl (C=O) groups excluding carboxylic acids is 1. The van der Waals surface area contributed by atoms with Gasteiger partial charge in [0.1, 0.15) is 6.10 Å². The molecule has 0 bridgehead atoms. The third-order valence-corrected chi connectivity index (χ3v) is 3.74. The van der Waals surface area contributed by atoms with E-state index in [0.29, 0.717) is 13.2 Å². The van der Waals surface area contributed by atoms with Crippen LogP contribution in [0.25, 0.3) is 11.1 Å². The first-order chi connectivity index (χ1) is 10.8. The van der Waals surface area contributed by atoms with Gasteiger partial charge in [0, 0.05) is 5.56 Å². The van der Waals surface area contributed by atoms with Crippen LogP contribution in [0.5, 0.6) is 0 Å². The monoisotopic (exact) mass is 299 g/mol. The molecule has 3 rings (SSSR count). The SMILES string of the molecule is COC(=O)NC[C@H]1OCCc2c(-c3ccnnc3)cccc21. The summed E-state index contributed by atoms with van der Waals surface area (Å²) in [4.78, 5) is 11.3. The van der Waals surface area contributed by atoms with E-state index in [1.54, 1.807) is 12.4 Å². The van der Waals surface area contributed by atoms with Crippen LogP contribution >= 0.6 is 0 Å². The minimum atomic E-state index is -0.454. The molecular weight excluding hydrogens is 282 g/mol. The predicted molar refractivity (Wildman–Crippen MR) is 80.3 cm³/mol. The molecule has 6 heteroatoms. The van der Waals surface area contributed by atoms with Crippen LogP contribution in [0.3, 0.4) is 0 Å². The first-order valence-electron chi connectivity index (χ1n) is 7.12. The molecule has 2 aromatic rings. The highest BCUT2D eigenvalue weighted by atomic mass is 16.5. The molecular formula is C16H17N3O3. The third kappa shape index (κ3) is 2.92. The highest BCUT2D eigenvalue weighted by Gasteiger charge is 2.23. The zero-order chi connectivity index (χ0) is 15.4. The maximum Gasteiger partial charge on any atom is 0.406 e. The lowest BCUT2D eigenvalue weighted by Gasteiger charge is -2.28. The Morgan fingerprint density at radius 2 is 2.32 bits per heavy atom. The van der Waals surface area contributed by atoms with E-state index in [-0.39, 0.29) is 6.10 Å². The molecule has 2 heterocycles. The Morgan fingerprint density at radius 1 is 1.41 bits per heavy atom. The lowest BCUT2D eigenvalue weighted by atomic mass is 9.90. The summed E-state index contributed by atoms with van der Waals surface area (Å²) in [5.74, 6) is 0. The highest BCUT2D eigenvalue weighted by molar-refractivity contribution is 5.69. The van der Waals surface area contributed by atoms with E-state index in [1.165, 1.54) is 12.7 Å². The number of nitrogens with one attached hydrogen (secondary N) is 1. The minimum absolute atomic E-state index is 0.169. The number of hydrogen-bond acceptors (Lipinski definition) is 5. The quantitative estimate of drug-likeness (QED) is 0.939. The number of benzene rings is 1. The molecule has 1 amide bonds. The normalized spacial score (nSPS) is 16.7. The second-order valence-electron chi connectivity index (χ2n) is 4.99. The molecule has 0 radical (unpaired) electrons. The van der Waals surface area contributed by atoms with Crippen LogP contribution in [0.1, 0.15) is 17.2 Å². The number of rotatable bonds is 3. The topological polar surface area (TPSA) is 73.3 Å². The van der Waals surface area contributed by atoms with Crippen LogP contribution in [-0.2, 0) is 15.9 Å². The number of alkyl carbamates (subject to hydrolysis) is 1. The number of fused-ring (bicyclic) bond motifs is 1. The van der Waals surface area contributed by atoms with Crippen molar-refractivity contribution >= 4 is 6.09 Å². The van der Waals surface area contributed by atoms with Crippen molar-refractivity contribution in [3.63, 3.8) is 0 Å². The molecule has 1 aliphatic heterocycles. The number of methoxy groups -OCH3 is 1. The molecule has 1 aromatic carbocycles. The molecule has 6 nitrogen and oxygen atoms in total. The molecule has 1 aromatic heterocycles. The van der Waals surface area contributed by atoms with Gasteiger partial charge in [-0.05, 0) is 29.2 Å². The van der Waals surface area contributed by atoms with Gasteiger partial charge in [-0.25, -0.2) is 4.79 Å². The van der Waals surface area contributed by atoms with Crippen LogP contribution in [0.2, 0.25) is 0 Å². The van der Waals surface area contributed by atoms with Gasteiger partial charge in [-0.2, -0.15) is 10.2 Å². The number of carbonyl (C=O) groups is 1. The minimum Gasteiger partial charge on any atom is -0.453 e. The average Bonchev–Trinajstić information content (AvgIpc) is 2.59. The zero-order valence-electron chi connectivity index (χ0n) is 12.3. The smallest absolute Gasteiger partial charge is 0.406 e. The van der Waals surface area contributed by atoms with Crippen molar-refractivity contribution in [1.29, 1.82) is 0 Å².